The topological polar surface area (TPSA) is 112 Å². The maximum Gasteiger partial charge on any atom is 0.416 e. The molecule has 0 bridgehead atoms. The number of hydrogen-bond acceptors (Lipinski definition) is 4. The molecule has 0 aliphatic heterocycles. The maximum absolute atomic E-state index is 13.3. The first-order chi connectivity index (χ1) is 20.9. The van der Waals surface area contributed by atoms with E-state index in [1.165, 1.54) is 23.3 Å². The van der Waals surface area contributed by atoms with Crippen LogP contribution in [0.25, 0.3) is 44.9 Å². The molecule has 0 saturated heterocycles. The van der Waals surface area contributed by atoms with Crippen LogP contribution >= 0.6 is 0 Å². The first kappa shape index (κ1) is 30.4. The fourth-order valence-corrected chi connectivity index (χ4v) is 4.84. The molecular weight excluding hydrogens is 591 g/mol. The molecule has 1 amide bonds. The molecule has 0 fully saturated rings. The average Bonchev–Trinajstić information content (AvgIpc) is 3.37. The number of carboxylic acid groups (broad SMARTS) is 1. The Kier molecular flexibility index (Phi) is 8.25. The second-order valence-electron chi connectivity index (χ2n) is 10.2. The van der Waals surface area contributed by atoms with Gasteiger partial charge in [0.1, 0.15) is 17.2 Å². The van der Waals surface area contributed by atoms with Gasteiger partial charge in [-0.25, -0.2) is 9.78 Å². The third kappa shape index (κ3) is 6.47. The van der Waals surface area contributed by atoms with E-state index in [4.69, 9.17) is 0 Å². The number of rotatable bonds is 7. The number of aromatic amines is 1. The lowest BCUT2D eigenvalue weighted by atomic mass is 10.0. The van der Waals surface area contributed by atoms with E-state index in [0.717, 1.165) is 36.4 Å². The number of amides is 1. The van der Waals surface area contributed by atoms with Crippen molar-refractivity contribution in [1.29, 1.82) is 0 Å². The zero-order valence-electron chi connectivity index (χ0n) is 23.5. The molecule has 0 spiro atoms. The number of benzene rings is 4. The number of nitrogens with one attached hydrogen (secondary N) is 2. The Labute approximate surface area is 253 Å². The normalized spacial score (nSPS) is 13.6. The number of alkyl halides is 3. The average molecular weight is 618 g/mol. The van der Waals surface area contributed by atoms with E-state index in [-0.39, 0.29) is 22.8 Å². The van der Waals surface area contributed by atoms with Gasteiger partial charge in [-0.05, 0) is 47.4 Å². The zero-order valence-corrected chi connectivity index (χ0v) is 24.3. The summed E-state index contributed by atoms with van der Waals surface area (Å²) in [6.45, 7) is 1.12. The molecule has 2 aliphatic rings. The van der Waals surface area contributed by atoms with E-state index in [0.29, 0.717) is 5.56 Å². The lowest BCUT2D eigenvalue weighted by Gasteiger charge is -2.23. The minimum Gasteiger partial charge on any atom is -0.479 e. The van der Waals surface area contributed by atoms with Crippen molar-refractivity contribution in [3.63, 3.8) is 0 Å². The van der Waals surface area contributed by atoms with Gasteiger partial charge in [0.05, 0.1) is 16.4 Å². The molecule has 7 nitrogen and oxygen atoms in total. The smallest absolute Gasteiger partial charge is 0.416 e. The van der Waals surface area contributed by atoms with Crippen LogP contribution in [0.1, 0.15) is 23.0 Å². The van der Waals surface area contributed by atoms with E-state index in [1.54, 1.807) is 12.1 Å². The van der Waals surface area contributed by atoms with Crippen LogP contribution in [0, 0.1) is 0 Å². The summed E-state index contributed by atoms with van der Waals surface area (Å²) in [4.78, 5) is 30.2. The molecule has 2 aliphatic carbocycles. The molecule has 1 unspecified atom stereocenters. The van der Waals surface area contributed by atoms with E-state index in [2.05, 4.69) is 39.6 Å². The van der Waals surface area contributed by atoms with Crippen LogP contribution in [0.3, 0.4) is 0 Å². The monoisotopic (exact) mass is 617 g/mol. The van der Waals surface area contributed by atoms with Gasteiger partial charge in [-0.15, -0.1) is 0 Å². The van der Waals surface area contributed by atoms with Gasteiger partial charge in [0, 0.05) is 17.4 Å². The summed E-state index contributed by atoms with van der Waals surface area (Å²) in [6, 6.07) is 29.3. The molecule has 4 aromatic rings. The second-order valence-corrected chi connectivity index (χ2v) is 11.9. The van der Waals surface area contributed by atoms with E-state index >= 15 is 0 Å². The SMILES string of the molecule is C[S@@](=O)C(C)(NC(=O)c1[nH]c(-c2ccc(C(F)(F)F)cc2)nc1-c1ccc(-c2ccccc2)cc1)C(=O)O.c1cc2cc-2c1. The van der Waals surface area contributed by atoms with Crippen LogP contribution in [-0.2, 0) is 21.8 Å². The Balaban J connectivity index is 0.000000561. The van der Waals surface area contributed by atoms with Crippen molar-refractivity contribution >= 4 is 22.7 Å². The quantitative estimate of drug-likeness (QED) is 0.179. The minimum absolute atomic E-state index is 0.0978. The lowest BCUT2D eigenvalue weighted by Crippen LogP contribution is -2.55. The van der Waals surface area contributed by atoms with Crippen molar-refractivity contribution in [3.8, 4) is 44.9 Å². The number of fused-ring (bicyclic) bond motifs is 1. The highest BCUT2D eigenvalue weighted by atomic mass is 32.2. The number of aromatic nitrogens is 2. The predicted octanol–water partition coefficient (Wildman–Crippen LogP) is 7.01. The standard InChI is InChI=1S/C27H22F3N3O4S.C6H4/c1-26(25(35)36,38(2)37)33-24(34)22-21(18-10-8-17(9-11-18)16-6-4-3-5-7-16)31-23(32-22)19-12-14-20(15-13-19)27(28,29)30;1-2-5-4-6(5)3-1/h3-15H,1-2H3,(H,31,32)(H,33,34)(H,35,36);1-4H/t26?,38-;/m1./s1. The Hall–Kier alpha value is -5.03. The van der Waals surface area contributed by atoms with Crippen LogP contribution < -0.4 is 5.32 Å². The summed E-state index contributed by atoms with van der Waals surface area (Å²) in [7, 11) is -1.98. The molecule has 3 aromatic carbocycles. The number of imidazole rings is 1. The Morgan fingerprint density at radius 1 is 0.773 bits per heavy atom. The predicted molar refractivity (Wildman–Crippen MR) is 163 cm³/mol. The van der Waals surface area contributed by atoms with Gasteiger partial charge in [-0.1, -0.05) is 84.9 Å². The maximum atomic E-state index is 13.3. The molecule has 2 atom stereocenters. The Morgan fingerprint density at radius 2 is 1.30 bits per heavy atom. The van der Waals surface area contributed by atoms with Gasteiger partial charge in [0.2, 0.25) is 4.87 Å². The first-order valence-corrected chi connectivity index (χ1v) is 14.9. The Bertz CT molecular complexity index is 1820. The van der Waals surface area contributed by atoms with Crippen molar-refractivity contribution in [3.05, 3.63) is 114 Å². The van der Waals surface area contributed by atoms with E-state index in [9.17, 15) is 32.1 Å². The molecule has 1 aromatic heterocycles. The molecule has 224 valence electrons. The largest absolute Gasteiger partial charge is 0.479 e. The molecule has 0 saturated carbocycles. The van der Waals surface area contributed by atoms with Crippen LogP contribution in [0.4, 0.5) is 13.2 Å². The number of nitrogens with zero attached hydrogens (tertiary/aromatic N) is 1. The van der Waals surface area contributed by atoms with Crippen molar-refractivity contribution in [1.82, 2.24) is 15.3 Å². The highest BCUT2D eigenvalue weighted by Crippen LogP contribution is 2.33. The van der Waals surface area contributed by atoms with Crippen molar-refractivity contribution in [2.45, 2.75) is 18.0 Å². The molecule has 11 heteroatoms. The molecule has 6 rings (SSSR count). The van der Waals surface area contributed by atoms with Crippen LogP contribution in [-0.4, -0.2) is 42.3 Å². The van der Waals surface area contributed by atoms with Gasteiger partial charge in [-0.3, -0.25) is 9.00 Å². The third-order valence-corrected chi connectivity index (χ3v) is 8.56. The number of hydrogen-bond donors (Lipinski definition) is 3. The first-order valence-electron chi connectivity index (χ1n) is 13.3. The number of aliphatic carboxylic acids is 1. The van der Waals surface area contributed by atoms with Crippen molar-refractivity contribution in [2.75, 3.05) is 6.26 Å². The fraction of sp³-hybridized carbons (Fsp3) is 0.121. The third-order valence-electron chi connectivity index (χ3n) is 7.13. The van der Waals surface area contributed by atoms with Gasteiger partial charge < -0.3 is 15.4 Å². The Morgan fingerprint density at radius 3 is 1.77 bits per heavy atom. The van der Waals surface area contributed by atoms with Crippen LogP contribution in [0.2, 0.25) is 0 Å². The molecule has 0 radical (unpaired) electrons. The fourth-order valence-electron chi connectivity index (χ4n) is 4.35. The molecule has 3 N–H and O–H groups in total. The highest BCUT2D eigenvalue weighted by molar-refractivity contribution is 7.86. The number of H-pyrrole nitrogens is 1. The summed E-state index contributed by atoms with van der Waals surface area (Å²) >= 11 is 0. The highest BCUT2D eigenvalue weighted by Gasteiger charge is 2.40. The summed E-state index contributed by atoms with van der Waals surface area (Å²) in [5.41, 5.74) is 4.66. The summed E-state index contributed by atoms with van der Waals surface area (Å²) in [5.74, 6) is -2.29. The van der Waals surface area contributed by atoms with Crippen LogP contribution in [0.15, 0.2) is 103 Å². The molecular formula is C33H26F3N3O4S. The van der Waals surface area contributed by atoms with E-state index < -0.39 is 39.3 Å². The number of carboxylic acids is 1. The number of halogens is 3. The number of carbonyl (C=O) groups excluding carboxylic acids is 1. The van der Waals surface area contributed by atoms with Gasteiger partial charge in [0.15, 0.2) is 0 Å². The lowest BCUT2D eigenvalue weighted by molar-refractivity contribution is -0.140. The van der Waals surface area contributed by atoms with Gasteiger partial charge >= 0.3 is 12.1 Å². The second kappa shape index (κ2) is 11.9. The van der Waals surface area contributed by atoms with E-state index in [1.807, 2.05) is 42.5 Å². The minimum atomic E-state index is -4.52. The van der Waals surface area contributed by atoms with Crippen LogP contribution in [0.5, 0.6) is 0 Å². The molecule has 44 heavy (non-hydrogen) atoms. The van der Waals surface area contributed by atoms with Crippen molar-refractivity contribution in [2.24, 2.45) is 0 Å². The summed E-state index contributed by atoms with van der Waals surface area (Å²) in [5, 5.41) is 11.9. The summed E-state index contributed by atoms with van der Waals surface area (Å²) in [6.07, 6.45) is -3.37. The zero-order chi connectivity index (χ0) is 31.6. The number of carbonyl (C=O) groups is 2. The summed E-state index contributed by atoms with van der Waals surface area (Å²) < 4.78 is 51.2. The van der Waals surface area contributed by atoms with Gasteiger partial charge in [0.25, 0.3) is 5.91 Å². The van der Waals surface area contributed by atoms with Gasteiger partial charge in [-0.2, -0.15) is 13.2 Å². The van der Waals surface area contributed by atoms with Crippen molar-refractivity contribution < 1.29 is 32.1 Å². The molecule has 1 heterocycles.